The van der Waals surface area contributed by atoms with Gasteiger partial charge in [-0.2, -0.15) is 15.1 Å². The number of aromatic nitrogens is 4. The quantitative estimate of drug-likeness (QED) is 0.700. The maximum atomic E-state index is 6.06. The van der Waals surface area contributed by atoms with Crippen LogP contribution in [0, 0.1) is 5.92 Å². The van der Waals surface area contributed by atoms with E-state index in [0.717, 1.165) is 29.7 Å². The first-order valence-corrected chi connectivity index (χ1v) is 8.37. The van der Waals surface area contributed by atoms with Gasteiger partial charge >= 0.3 is 0 Å². The second-order valence-electron chi connectivity index (χ2n) is 6.15. The highest BCUT2D eigenvalue weighted by Crippen LogP contribution is 2.26. The van der Waals surface area contributed by atoms with Crippen LogP contribution in [-0.4, -0.2) is 26.3 Å². The van der Waals surface area contributed by atoms with Crippen molar-refractivity contribution < 1.29 is 0 Å². The first-order valence-electron chi connectivity index (χ1n) is 7.99. The summed E-state index contributed by atoms with van der Waals surface area (Å²) in [4.78, 5) is 9.17. The second-order valence-corrected chi connectivity index (χ2v) is 6.58. The standard InChI is InChI=1S/C17H21ClN6/c1-11(2)7-8-19-17-22-15(14-10-20-24(3)16(14)23-17)21-13-6-4-5-12(18)9-13/h4-6,9-11H,7-8H2,1-3H3,(H2,19,21,22,23). The molecule has 2 N–H and O–H groups in total. The minimum Gasteiger partial charge on any atom is -0.354 e. The predicted molar refractivity (Wildman–Crippen MR) is 99.0 cm³/mol. The van der Waals surface area contributed by atoms with Gasteiger partial charge in [0.25, 0.3) is 0 Å². The minimum absolute atomic E-state index is 0.594. The molecule has 0 bridgehead atoms. The lowest BCUT2D eigenvalue weighted by Gasteiger charge is -2.11. The zero-order chi connectivity index (χ0) is 17.1. The molecule has 0 radical (unpaired) electrons. The van der Waals surface area contributed by atoms with Crippen molar-refractivity contribution in [2.24, 2.45) is 13.0 Å². The number of hydrogen-bond donors (Lipinski definition) is 2. The van der Waals surface area contributed by atoms with E-state index in [1.54, 1.807) is 10.9 Å². The zero-order valence-electron chi connectivity index (χ0n) is 14.0. The average Bonchev–Trinajstić information content (AvgIpc) is 2.89. The largest absolute Gasteiger partial charge is 0.354 e. The molecule has 0 atom stereocenters. The normalized spacial score (nSPS) is 11.2. The third-order valence-electron chi connectivity index (χ3n) is 3.68. The van der Waals surface area contributed by atoms with Crippen LogP contribution >= 0.6 is 11.6 Å². The van der Waals surface area contributed by atoms with Gasteiger partial charge in [-0.3, -0.25) is 4.68 Å². The summed E-state index contributed by atoms with van der Waals surface area (Å²) >= 11 is 6.06. The number of benzene rings is 1. The average molecular weight is 345 g/mol. The Balaban J connectivity index is 1.92. The monoisotopic (exact) mass is 344 g/mol. The van der Waals surface area contributed by atoms with Gasteiger partial charge in [0.15, 0.2) is 5.65 Å². The van der Waals surface area contributed by atoms with Crippen LogP contribution in [0.15, 0.2) is 30.5 Å². The Kier molecular flexibility index (Phi) is 4.85. The highest BCUT2D eigenvalue weighted by Gasteiger charge is 2.12. The Labute approximate surface area is 146 Å². The predicted octanol–water partition coefficient (Wildman–Crippen LogP) is 4.22. The highest BCUT2D eigenvalue weighted by atomic mass is 35.5. The van der Waals surface area contributed by atoms with Gasteiger partial charge in [-0.1, -0.05) is 31.5 Å². The first kappa shape index (κ1) is 16.5. The number of halogens is 1. The minimum atomic E-state index is 0.594. The number of hydrogen-bond acceptors (Lipinski definition) is 5. The van der Waals surface area contributed by atoms with E-state index in [4.69, 9.17) is 11.6 Å². The van der Waals surface area contributed by atoms with E-state index in [1.165, 1.54) is 0 Å². The van der Waals surface area contributed by atoms with Crippen molar-refractivity contribution in [3.8, 4) is 0 Å². The molecule has 2 heterocycles. The van der Waals surface area contributed by atoms with Crippen LogP contribution < -0.4 is 10.6 Å². The summed E-state index contributed by atoms with van der Waals surface area (Å²) in [6.45, 7) is 5.22. The molecule has 7 heteroatoms. The summed E-state index contributed by atoms with van der Waals surface area (Å²) in [6, 6.07) is 7.54. The molecule has 0 saturated carbocycles. The van der Waals surface area contributed by atoms with Gasteiger partial charge in [0, 0.05) is 24.3 Å². The van der Waals surface area contributed by atoms with Gasteiger partial charge in [0.2, 0.25) is 5.95 Å². The highest BCUT2D eigenvalue weighted by molar-refractivity contribution is 6.30. The molecule has 3 aromatic rings. The van der Waals surface area contributed by atoms with E-state index >= 15 is 0 Å². The number of rotatable bonds is 6. The summed E-state index contributed by atoms with van der Waals surface area (Å²) in [5, 5.41) is 12.4. The van der Waals surface area contributed by atoms with Gasteiger partial charge in [0.1, 0.15) is 5.82 Å². The van der Waals surface area contributed by atoms with E-state index in [-0.39, 0.29) is 0 Å². The zero-order valence-corrected chi connectivity index (χ0v) is 14.8. The third kappa shape index (κ3) is 3.76. The van der Waals surface area contributed by atoms with Crippen LogP contribution in [-0.2, 0) is 7.05 Å². The molecule has 0 spiro atoms. The van der Waals surface area contributed by atoms with Crippen LogP contribution in [0.5, 0.6) is 0 Å². The molecular weight excluding hydrogens is 324 g/mol. The molecule has 0 aliphatic carbocycles. The third-order valence-corrected chi connectivity index (χ3v) is 3.92. The number of nitrogens with zero attached hydrogens (tertiary/aromatic N) is 4. The van der Waals surface area contributed by atoms with Crippen LogP contribution in [0.25, 0.3) is 11.0 Å². The van der Waals surface area contributed by atoms with Gasteiger partial charge in [-0.15, -0.1) is 0 Å². The lowest BCUT2D eigenvalue weighted by molar-refractivity contribution is 0.606. The Morgan fingerprint density at radius 1 is 1.25 bits per heavy atom. The molecule has 0 amide bonds. The van der Waals surface area contributed by atoms with Crippen molar-refractivity contribution in [3.63, 3.8) is 0 Å². The van der Waals surface area contributed by atoms with Gasteiger partial charge in [0.05, 0.1) is 11.6 Å². The van der Waals surface area contributed by atoms with Crippen LogP contribution in [0.3, 0.4) is 0 Å². The first-order chi connectivity index (χ1) is 11.5. The number of fused-ring (bicyclic) bond motifs is 1. The summed E-state index contributed by atoms with van der Waals surface area (Å²) in [6.07, 6.45) is 2.82. The van der Waals surface area contributed by atoms with Gasteiger partial charge < -0.3 is 10.6 Å². The molecule has 0 unspecified atom stereocenters. The molecule has 0 fully saturated rings. The fourth-order valence-electron chi connectivity index (χ4n) is 2.37. The summed E-state index contributed by atoms with van der Waals surface area (Å²) < 4.78 is 1.74. The van der Waals surface area contributed by atoms with Crippen molar-refractivity contribution in [2.75, 3.05) is 17.2 Å². The molecule has 0 aliphatic rings. The van der Waals surface area contributed by atoms with E-state index < -0.39 is 0 Å². The SMILES string of the molecule is CC(C)CCNc1nc(Nc2cccc(Cl)c2)c2cnn(C)c2n1. The number of nitrogens with one attached hydrogen (secondary N) is 2. The summed E-state index contributed by atoms with van der Waals surface area (Å²) in [7, 11) is 1.87. The van der Waals surface area contributed by atoms with E-state index in [2.05, 4.69) is 39.5 Å². The summed E-state index contributed by atoms with van der Waals surface area (Å²) in [5.41, 5.74) is 1.65. The van der Waals surface area contributed by atoms with E-state index in [0.29, 0.717) is 22.7 Å². The Morgan fingerprint density at radius 2 is 2.08 bits per heavy atom. The molecule has 1 aromatic carbocycles. The lowest BCUT2D eigenvalue weighted by Crippen LogP contribution is -2.09. The second kappa shape index (κ2) is 7.05. The molecule has 6 nitrogen and oxygen atoms in total. The van der Waals surface area contributed by atoms with Gasteiger partial charge in [-0.25, -0.2) is 0 Å². The Bertz CT molecular complexity index is 842. The van der Waals surface area contributed by atoms with Crippen molar-refractivity contribution in [1.29, 1.82) is 0 Å². The fraction of sp³-hybridized carbons (Fsp3) is 0.353. The maximum absolute atomic E-state index is 6.06. The van der Waals surface area contributed by atoms with Crippen LogP contribution in [0.1, 0.15) is 20.3 Å². The summed E-state index contributed by atoms with van der Waals surface area (Å²) in [5.74, 6) is 1.93. The van der Waals surface area contributed by atoms with Crippen molar-refractivity contribution in [2.45, 2.75) is 20.3 Å². The smallest absolute Gasteiger partial charge is 0.226 e. The molecule has 0 aliphatic heterocycles. The molecule has 126 valence electrons. The molecule has 0 saturated heterocycles. The van der Waals surface area contributed by atoms with Crippen molar-refractivity contribution in [3.05, 3.63) is 35.5 Å². The molecule has 3 rings (SSSR count). The maximum Gasteiger partial charge on any atom is 0.226 e. The van der Waals surface area contributed by atoms with Gasteiger partial charge in [-0.05, 0) is 30.5 Å². The van der Waals surface area contributed by atoms with Crippen LogP contribution in [0.4, 0.5) is 17.5 Å². The number of anilines is 3. The van der Waals surface area contributed by atoms with Crippen molar-refractivity contribution >= 4 is 40.1 Å². The van der Waals surface area contributed by atoms with Crippen LogP contribution in [0.2, 0.25) is 5.02 Å². The topological polar surface area (TPSA) is 67.7 Å². The molecular formula is C17H21ClN6. The molecule has 24 heavy (non-hydrogen) atoms. The van der Waals surface area contributed by atoms with Crippen molar-refractivity contribution in [1.82, 2.24) is 19.7 Å². The lowest BCUT2D eigenvalue weighted by atomic mass is 10.1. The van der Waals surface area contributed by atoms with E-state index in [1.807, 2.05) is 31.3 Å². The Morgan fingerprint density at radius 3 is 2.83 bits per heavy atom. The van der Waals surface area contributed by atoms with E-state index in [9.17, 15) is 0 Å². The molecule has 2 aromatic heterocycles. The number of aryl methyl sites for hydroxylation is 1. The Hall–Kier alpha value is -2.34. The fourth-order valence-corrected chi connectivity index (χ4v) is 2.56.